The monoisotopic (exact) mass is 740 g/mol. The number of carbonyl (C=O) groups excluding carboxylic acids is 2. The third-order valence-electron chi connectivity index (χ3n) is 12.2. The largest absolute Gasteiger partial charge is 0.508 e. The second-order valence-corrected chi connectivity index (χ2v) is 15.7. The number of carbonyl (C=O) groups is 2. The Kier molecular flexibility index (Phi) is 14.0. The molecule has 10 heteroatoms. The Morgan fingerprint density at radius 3 is 2.46 bits per heavy atom. The van der Waals surface area contributed by atoms with Gasteiger partial charge in [0.25, 0.3) is 5.91 Å². The summed E-state index contributed by atoms with van der Waals surface area (Å²) in [5.74, 6) is 1.65. The minimum Gasteiger partial charge on any atom is -0.508 e. The number of likely N-dealkylation sites (tertiary alicyclic amines) is 1. The maximum absolute atomic E-state index is 11.4. The molecule has 0 bridgehead atoms. The molecule has 54 heavy (non-hydrogen) atoms. The van der Waals surface area contributed by atoms with Crippen LogP contribution in [0.2, 0.25) is 0 Å². The normalized spacial score (nSPS) is 18.8. The van der Waals surface area contributed by atoms with E-state index in [1.165, 1.54) is 50.5 Å². The van der Waals surface area contributed by atoms with E-state index in [1.807, 2.05) is 24.3 Å². The zero-order valence-electron chi connectivity index (χ0n) is 32.2. The number of fused-ring (bicyclic) bond motifs is 1. The van der Waals surface area contributed by atoms with Crippen molar-refractivity contribution in [2.24, 2.45) is 5.92 Å². The maximum Gasteiger partial charge on any atom is 0.262 e. The lowest BCUT2D eigenvalue weighted by molar-refractivity contribution is -0.118. The van der Waals surface area contributed by atoms with Crippen LogP contribution >= 0.6 is 0 Å². The third-order valence-corrected chi connectivity index (χ3v) is 12.2. The number of anilines is 1. The minimum absolute atomic E-state index is 0.000726. The first-order chi connectivity index (χ1) is 26.3. The summed E-state index contributed by atoms with van der Waals surface area (Å²) in [6, 6.07) is 21.4. The fraction of sp³-hybridized carbons (Fsp3) is 0.545. The number of aromatic hydroxyl groups is 2. The number of hydrogen-bond acceptors (Lipinski definition) is 9. The number of benzene rings is 3. The molecule has 2 aliphatic heterocycles. The summed E-state index contributed by atoms with van der Waals surface area (Å²) in [6.07, 6.45) is 12.4. The van der Waals surface area contributed by atoms with Crippen LogP contribution in [0.4, 0.5) is 5.69 Å². The van der Waals surface area contributed by atoms with Gasteiger partial charge < -0.3 is 40.0 Å². The molecule has 1 atom stereocenters. The highest BCUT2D eigenvalue weighted by atomic mass is 16.5. The van der Waals surface area contributed by atoms with Crippen molar-refractivity contribution in [2.45, 2.75) is 88.6 Å². The molecule has 292 valence electrons. The Morgan fingerprint density at radius 2 is 1.74 bits per heavy atom. The van der Waals surface area contributed by atoms with Crippen LogP contribution in [-0.2, 0) is 32.6 Å². The number of phenolic OH excluding ortho intramolecular Hbond substituents is 2. The molecule has 0 aromatic heterocycles. The highest BCUT2D eigenvalue weighted by Gasteiger charge is 2.50. The van der Waals surface area contributed by atoms with Gasteiger partial charge in [0.2, 0.25) is 0 Å². The van der Waals surface area contributed by atoms with E-state index < -0.39 is 0 Å². The lowest BCUT2D eigenvalue weighted by Crippen LogP contribution is -2.64. The maximum atomic E-state index is 11.4. The first-order valence-electron chi connectivity index (χ1n) is 20.1. The summed E-state index contributed by atoms with van der Waals surface area (Å²) in [5, 5.41) is 26.8. The Balaban J connectivity index is 0.000000185. The van der Waals surface area contributed by atoms with Crippen molar-refractivity contribution in [1.29, 1.82) is 0 Å². The number of rotatable bonds is 17. The molecule has 3 aromatic rings. The predicted octanol–water partition coefficient (Wildman–Crippen LogP) is 6.06. The highest BCUT2D eigenvalue weighted by Crippen LogP contribution is 2.47. The van der Waals surface area contributed by atoms with Gasteiger partial charge in [-0.05, 0) is 93.8 Å². The predicted molar refractivity (Wildman–Crippen MR) is 213 cm³/mol. The van der Waals surface area contributed by atoms with Gasteiger partial charge in [-0.2, -0.15) is 0 Å². The molecular formula is C44H60N4O6. The van der Waals surface area contributed by atoms with Crippen molar-refractivity contribution in [3.63, 3.8) is 0 Å². The molecule has 3 fully saturated rings. The molecule has 7 rings (SSSR count). The van der Waals surface area contributed by atoms with Crippen LogP contribution in [0.3, 0.4) is 0 Å². The van der Waals surface area contributed by atoms with Gasteiger partial charge in [0.1, 0.15) is 23.5 Å². The number of ether oxygens (including phenoxy) is 2. The Morgan fingerprint density at radius 1 is 0.981 bits per heavy atom. The summed E-state index contributed by atoms with van der Waals surface area (Å²) in [5.41, 5.74) is 4.72. The minimum atomic E-state index is -0.234. The fourth-order valence-corrected chi connectivity index (χ4v) is 8.49. The summed E-state index contributed by atoms with van der Waals surface area (Å²) < 4.78 is 11.1. The average molecular weight is 741 g/mol. The molecule has 1 saturated heterocycles. The van der Waals surface area contributed by atoms with Crippen molar-refractivity contribution < 1.29 is 29.3 Å². The lowest BCUT2D eigenvalue weighted by atomic mass is 9.66. The van der Waals surface area contributed by atoms with Crippen LogP contribution in [0.5, 0.6) is 17.2 Å². The fourth-order valence-electron chi connectivity index (χ4n) is 8.49. The smallest absolute Gasteiger partial charge is 0.262 e. The lowest BCUT2D eigenvalue weighted by Gasteiger charge is -2.56. The number of phenols is 2. The average Bonchev–Trinajstić information content (AvgIpc) is 3.69. The van der Waals surface area contributed by atoms with Gasteiger partial charge in [0.05, 0.1) is 13.2 Å². The zero-order chi connectivity index (χ0) is 37.9. The molecule has 2 saturated carbocycles. The SMILES string of the molecule is CC(C1CCCC1)N(C)CCNCCc1ccc(O)c2c1OCC(=O)N2.O=CCCOCCc1ccc(O)c(C2(c3ccccc3)CN(C3CCC3)C2)c1. The van der Waals surface area contributed by atoms with Crippen molar-refractivity contribution in [1.82, 2.24) is 15.1 Å². The van der Waals surface area contributed by atoms with Gasteiger partial charge in [0.15, 0.2) is 12.4 Å². The van der Waals surface area contributed by atoms with E-state index in [9.17, 15) is 19.8 Å². The molecule has 0 spiro atoms. The van der Waals surface area contributed by atoms with Crippen LogP contribution < -0.4 is 15.4 Å². The highest BCUT2D eigenvalue weighted by molar-refractivity contribution is 5.97. The van der Waals surface area contributed by atoms with Gasteiger partial charge >= 0.3 is 0 Å². The van der Waals surface area contributed by atoms with Crippen molar-refractivity contribution >= 4 is 17.9 Å². The Labute approximate surface area is 321 Å². The van der Waals surface area contributed by atoms with Crippen LogP contribution in [-0.4, -0.2) is 104 Å². The van der Waals surface area contributed by atoms with Crippen LogP contribution in [0.1, 0.15) is 80.5 Å². The number of amides is 1. The second kappa shape index (κ2) is 19.1. The topological polar surface area (TPSA) is 124 Å². The van der Waals surface area contributed by atoms with Crippen LogP contribution in [0, 0.1) is 5.92 Å². The van der Waals surface area contributed by atoms with Gasteiger partial charge in [-0.1, -0.05) is 67.8 Å². The Bertz CT molecular complexity index is 1670. The van der Waals surface area contributed by atoms with Gasteiger partial charge in [0, 0.05) is 55.7 Å². The molecule has 2 heterocycles. The van der Waals surface area contributed by atoms with Gasteiger partial charge in [-0.15, -0.1) is 0 Å². The summed E-state index contributed by atoms with van der Waals surface area (Å²) in [6.45, 7) is 8.17. The van der Waals surface area contributed by atoms with Crippen molar-refractivity contribution in [3.05, 3.63) is 82.9 Å². The second-order valence-electron chi connectivity index (χ2n) is 15.7. The van der Waals surface area contributed by atoms with E-state index in [2.05, 4.69) is 64.7 Å². The molecule has 3 aromatic carbocycles. The molecule has 1 unspecified atom stereocenters. The number of hydrogen-bond donors (Lipinski definition) is 4. The first-order valence-corrected chi connectivity index (χ1v) is 20.1. The van der Waals surface area contributed by atoms with E-state index in [4.69, 9.17) is 9.47 Å². The summed E-state index contributed by atoms with van der Waals surface area (Å²) in [4.78, 5) is 26.9. The van der Waals surface area contributed by atoms with Crippen molar-refractivity contribution in [3.8, 4) is 17.2 Å². The molecule has 2 aliphatic carbocycles. The summed E-state index contributed by atoms with van der Waals surface area (Å²) in [7, 11) is 2.22. The Hall–Kier alpha value is -3.96. The standard InChI is InChI=1S/C24H29NO3.C20H31N3O3/c26-13-5-14-28-15-12-19-10-11-23(27)22(16-19)24(20-6-2-1-3-7-20)17-25(18-24)21-8-4-9-21;1-14(15-5-3-4-6-15)23(2)12-11-21-10-9-16-7-8-17(24)19-20(16)26-13-18(25)22-19/h1-3,6-7,10-11,13,16,21,27H,4-5,8-9,12,14-15,17-18H2;7-8,14-15,21,24H,3-6,9-13H2,1-2H3,(H,22,25). The number of nitrogens with one attached hydrogen (secondary N) is 2. The van der Waals surface area contributed by atoms with Crippen LogP contribution in [0.25, 0.3) is 0 Å². The van der Waals surface area contributed by atoms with Gasteiger partial charge in [-0.3, -0.25) is 9.69 Å². The number of nitrogens with zero attached hydrogens (tertiary/aromatic N) is 2. The number of aldehydes is 1. The molecule has 0 radical (unpaired) electrons. The van der Waals surface area contributed by atoms with Crippen LogP contribution in [0.15, 0.2) is 60.7 Å². The zero-order valence-corrected chi connectivity index (χ0v) is 32.2. The third kappa shape index (κ3) is 9.63. The quantitative estimate of drug-likeness (QED) is 0.0744. The molecule has 10 nitrogen and oxygen atoms in total. The van der Waals surface area contributed by atoms with E-state index in [0.717, 1.165) is 74.5 Å². The van der Waals surface area contributed by atoms with E-state index in [-0.39, 0.29) is 23.7 Å². The molecule has 4 N–H and O–H groups in total. The van der Waals surface area contributed by atoms with E-state index in [1.54, 1.807) is 6.07 Å². The molecular weight excluding hydrogens is 681 g/mol. The van der Waals surface area contributed by atoms with E-state index in [0.29, 0.717) is 48.9 Å². The number of likely N-dealkylation sites (N-methyl/N-ethyl adjacent to an activating group) is 1. The summed E-state index contributed by atoms with van der Waals surface area (Å²) >= 11 is 0. The molecule has 1 amide bonds. The van der Waals surface area contributed by atoms with Crippen molar-refractivity contribution in [2.75, 3.05) is 64.9 Å². The van der Waals surface area contributed by atoms with E-state index >= 15 is 0 Å². The molecule has 4 aliphatic rings. The van der Waals surface area contributed by atoms with Gasteiger partial charge in [-0.25, -0.2) is 0 Å². The first kappa shape index (κ1) is 39.7.